The van der Waals surface area contributed by atoms with Crippen molar-refractivity contribution in [3.8, 4) is 0 Å². The Kier molecular flexibility index (Phi) is 2.60. The molecule has 0 radical (unpaired) electrons. The number of nitrogens with one attached hydrogen (secondary N) is 1. The smallest absolute Gasteiger partial charge is 0.0375 e. The Morgan fingerprint density at radius 2 is 1.81 bits per heavy atom. The molecule has 1 atom stereocenters. The molecule has 3 rings (SSSR count). The van der Waals surface area contributed by atoms with Crippen molar-refractivity contribution in [3.05, 3.63) is 29.8 Å². The summed E-state index contributed by atoms with van der Waals surface area (Å²) in [5.41, 5.74) is 8.80. The maximum absolute atomic E-state index is 5.96. The first kappa shape index (κ1) is 10.2. The number of hydrogen-bond donors (Lipinski definition) is 2. The molecule has 16 heavy (non-hydrogen) atoms. The first-order valence-corrected chi connectivity index (χ1v) is 6.43. The fourth-order valence-electron chi connectivity index (χ4n) is 3.16. The normalized spacial score (nSPS) is 33.2. The van der Waals surface area contributed by atoms with Crippen LogP contribution in [0.15, 0.2) is 24.3 Å². The molecule has 1 fully saturated rings. The monoisotopic (exact) mass is 216 g/mol. The second-order valence-electron chi connectivity index (χ2n) is 5.29. The van der Waals surface area contributed by atoms with Gasteiger partial charge in [-0.1, -0.05) is 18.2 Å². The average Bonchev–Trinajstić information content (AvgIpc) is 2.73. The molecule has 1 aromatic carbocycles. The predicted molar refractivity (Wildman–Crippen MR) is 67.5 cm³/mol. The summed E-state index contributed by atoms with van der Waals surface area (Å²) in [6, 6.07) is 9.82. The Morgan fingerprint density at radius 3 is 2.56 bits per heavy atom. The lowest BCUT2D eigenvalue weighted by Gasteiger charge is -2.30. The third-order valence-corrected chi connectivity index (χ3v) is 4.18. The summed E-state index contributed by atoms with van der Waals surface area (Å²) in [6.45, 7) is 0. The molecule has 2 nitrogen and oxygen atoms in total. The molecule has 86 valence electrons. The van der Waals surface area contributed by atoms with Crippen LogP contribution in [-0.4, -0.2) is 12.1 Å². The van der Waals surface area contributed by atoms with E-state index in [0.29, 0.717) is 12.1 Å². The maximum Gasteiger partial charge on any atom is 0.0375 e. The highest BCUT2D eigenvalue weighted by Crippen LogP contribution is 2.34. The Balaban J connectivity index is 1.67. The van der Waals surface area contributed by atoms with Crippen molar-refractivity contribution in [1.29, 1.82) is 0 Å². The first-order chi connectivity index (χ1) is 7.83. The predicted octanol–water partition coefficient (Wildman–Crippen LogP) is 2.54. The minimum absolute atomic E-state index is 0.458. The van der Waals surface area contributed by atoms with Crippen LogP contribution in [0.4, 0.5) is 5.69 Å². The molecule has 1 heterocycles. The number of hydrogen-bond acceptors (Lipinski definition) is 2. The van der Waals surface area contributed by atoms with Crippen LogP contribution in [0.3, 0.4) is 0 Å². The summed E-state index contributed by atoms with van der Waals surface area (Å²) < 4.78 is 0. The van der Waals surface area contributed by atoms with Crippen LogP contribution < -0.4 is 11.1 Å². The van der Waals surface area contributed by atoms with Crippen LogP contribution in [-0.2, 0) is 6.42 Å². The van der Waals surface area contributed by atoms with E-state index in [9.17, 15) is 0 Å². The van der Waals surface area contributed by atoms with E-state index in [4.69, 9.17) is 5.73 Å². The Bertz CT molecular complexity index is 342. The van der Waals surface area contributed by atoms with Crippen molar-refractivity contribution >= 4 is 5.69 Å². The first-order valence-electron chi connectivity index (χ1n) is 6.43. The molecule has 0 aromatic heterocycles. The van der Waals surface area contributed by atoms with Crippen molar-refractivity contribution in [2.45, 2.75) is 44.2 Å². The lowest BCUT2D eigenvalue weighted by atomic mass is 9.81. The number of para-hydroxylation sites is 1. The Hall–Kier alpha value is -1.02. The molecule has 1 aromatic rings. The highest BCUT2D eigenvalue weighted by molar-refractivity contribution is 5.56. The molecule has 1 saturated carbocycles. The zero-order valence-corrected chi connectivity index (χ0v) is 9.65. The molecule has 0 bridgehead atoms. The van der Waals surface area contributed by atoms with Crippen LogP contribution in [0, 0.1) is 5.92 Å². The van der Waals surface area contributed by atoms with Gasteiger partial charge in [-0.3, -0.25) is 0 Å². The number of rotatable bonds is 1. The van der Waals surface area contributed by atoms with Gasteiger partial charge in [0.05, 0.1) is 0 Å². The number of nitrogens with two attached hydrogens (primary N) is 1. The van der Waals surface area contributed by atoms with Crippen molar-refractivity contribution < 1.29 is 0 Å². The van der Waals surface area contributed by atoms with E-state index < -0.39 is 0 Å². The largest absolute Gasteiger partial charge is 0.381 e. The van der Waals surface area contributed by atoms with Crippen LogP contribution >= 0.6 is 0 Å². The number of benzene rings is 1. The lowest BCUT2D eigenvalue weighted by Crippen LogP contribution is -2.34. The minimum Gasteiger partial charge on any atom is -0.381 e. The fraction of sp³-hybridized carbons (Fsp3) is 0.571. The molecule has 0 spiro atoms. The number of anilines is 1. The summed E-state index contributed by atoms with van der Waals surface area (Å²) in [7, 11) is 0. The van der Waals surface area contributed by atoms with Crippen molar-refractivity contribution in [2.24, 2.45) is 11.7 Å². The summed E-state index contributed by atoms with van der Waals surface area (Å²) >= 11 is 0. The summed E-state index contributed by atoms with van der Waals surface area (Å²) in [5.74, 6) is 0.826. The molecule has 2 aliphatic rings. The second kappa shape index (κ2) is 4.10. The third-order valence-electron chi connectivity index (χ3n) is 4.18. The van der Waals surface area contributed by atoms with Gasteiger partial charge >= 0.3 is 0 Å². The van der Waals surface area contributed by atoms with E-state index in [1.165, 1.54) is 43.4 Å². The van der Waals surface area contributed by atoms with Gasteiger partial charge in [0, 0.05) is 17.8 Å². The lowest BCUT2D eigenvalue weighted by molar-refractivity contribution is 0.296. The van der Waals surface area contributed by atoms with Gasteiger partial charge in [-0.25, -0.2) is 0 Å². The van der Waals surface area contributed by atoms with E-state index >= 15 is 0 Å². The molecular formula is C14H20N2. The molecule has 0 saturated heterocycles. The Labute approximate surface area is 97.2 Å². The topological polar surface area (TPSA) is 38.0 Å². The summed E-state index contributed by atoms with van der Waals surface area (Å²) in [6.07, 6.45) is 6.22. The van der Waals surface area contributed by atoms with E-state index in [-0.39, 0.29) is 0 Å². The molecule has 1 aliphatic heterocycles. The molecule has 0 amide bonds. The van der Waals surface area contributed by atoms with Crippen molar-refractivity contribution in [2.75, 3.05) is 5.32 Å². The zero-order chi connectivity index (χ0) is 11.0. The van der Waals surface area contributed by atoms with E-state index in [0.717, 1.165) is 5.92 Å². The SMILES string of the molecule is NC1CCC(C2Cc3ccccc3N2)CC1. The van der Waals surface area contributed by atoms with E-state index in [1.807, 2.05) is 0 Å². The third kappa shape index (κ3) is 1.82. The van der Waals surface area contributed by atoms with Gasteiger partial charge in [-0.2, -0.15) is 0 Å². The summed E-state index contributed by atoms with van der Waals surface area (Å²) in [5, 5.41) is 3.68. The standard InChI is InChI=1S/C14H20N2/c15-12-7-5-10(6-8-12)14-9-11-3-1-2-4-13(11)16-14/h1-4,10,12,14,16H,5-9,15H2. The summed E-state index contributed by atoms with van der Waals surface area (Å²) in [4.78, 5) is 0. The van der Waals surface area contributed by atoms with Crippen LogP contribution in [0.25, 0.3) is 0 Å². The van der Waals surface area contributed by atoms with Crippen LogP contribution in [0.1, 0.15) is 31.2 Å². The van der Waals surface area contributed by atoms with Gasteiger partial charge in [-0.05, 0) is 49.7 Å². The maximum atomic E-state index is 5.96. The Morgan fingerprint density at radius 1 is 1.06 bits per heavy atom. The van der Waals surface area contributed by atoms with Crippen LogP contribution in [0.2, 0.25) is 0 Å². The highest BCUT2D eigenvalue weighted by atomic mass is 15.0. The fourth-order valence-corrected chi connectivity index (χ4v) is 3.16. The van der Waals surface area contributed by atoms with Gasteiger partial charge in [0.1, 0.15) is 0 Å². The van der Waals surface area contributed by atoms with Crippen LogP contribution in [0.5, 0.6) is 0 Å². The van der Waals surface area contributed by atoms with Gasteiger partial charge in [0.2, 0.25) is 0 Å². The molecule has 3 N–H and O–H groups in total. The van der Waals surface area contributed by atoms with E-state index in [1.54, 1.807) is 0 Å². The molecule has 1 aliphatic carbocycles. The van der Waals surface area contributed by atoms with Gasteiger partial charge in [0.25, 0.3) is 0 Å². The van der Waals surface area contributed by atoms with Gasteiger partial charge < -0.3 is 11.1 Å². The minimum atomic E-state index is 0.458. The van der Waals surface area contributed by atoms with Gasteiger partial charge in [-0.15, -0.1) is 0 Å². The van der Waals surface area contributed by atoms with E-state index in [2.05, 4.69) is 29.6 Å². The average molecular weight is 216 g/mol. The van der Waals surface area contributed by atoms with Crippen molar-refractivity contribution in [3.63, 3.8) is 0 Å². The molecule has 1 unspecified atom stereocenters. The highest BCUT2D eigenvalue weighted by Gasteiger charge is 2.30. The number of fused-ring (bicyclic) bond motifs is 1. The molecule has 2 heteroatoms. The van der Waals surface area contributed by atoms with Crippen molar-refractivity contribution in [1.82, 2.24) is 0 Å². The quantitative estimate of drug-likeness (QED) is 0.757. The second-order valence-corrected chi connectivity index (χ2v) is 5.29. The molecular weight excluding hydrogens is 196 g/mol. The van der Waals surface area contributed by atoms with Gasteiger partial charge in [0.15, 0.2) is 0 Å². The zero-order valence-electron chi connectivity index (χ0n) is 9.65.